The van der Waals surface area contributed by atoms with Gasteiger partial charge in [-0.25, -0.2) is 4.98 Å². The fourth-order valence-electron chi connectivity index (χ4n) is 1.36. The summed E-state index contributed by atoms with van der Waals surface area (Å²) in [6, 6.07) is 2.14. The van der Waals surface area contributed by atoms with E-state index in [1.165, 1.54) is 6.33 Å². The summed E-state index contributed by atoms with van der Waals surface area (Å²) in [4.78, 5) is 6.29. The molecule has 6 nitrogen and oxygen atoms in total. The minimum Gasteiger partial charge on any atom is -0.383 e. The zero-order valence-corrected chi connectivity index (χ0v) is 9.76. The lowest BCUT2D eigenvalue weighted by atomic mass is 10.4. The number of hydrogen-bond donors (Lipinski definition) is 0. The smallest absolute Gasteiger partial charge is 0.140 e. The maximum absolute atomic E-state index is 8.58. The van der Waals surface area contributed by atoms with Gasteiger partial charge in [-0.15, -0.1) is 0 Å². The van der Waals surface area contributed by atoms with Gasteiger partial charge in [0.2, 0.25) is 0 Å². The summed E-state index contributed by atoms with van der Waals surface area (Å²) >= 11 is 0. The van der Waals surface area contributed by atoms with Crippen LogP contribution in [0.1, 0.15) is 12.2 Å². The lowest BCUT2D eigenvalue weighted by molar-refractivity contribution is 0.143. The summed E-state index contributed by atoms with van der Waals surface area (Å²) in [5.41, 5.74) is 0. The summed E-state index contributed by atoms with van der Waals surface area (Å²) in [5, 5.41) is 12.6. The molecule has 0 N–H and O–H groups in total. The van der Waals surface area contributed by atoms with Crippen molar-refractivity contribution < 1.29 is 4.74 Å². The molecular weight excluding hydrogens is 206 g/mol. The molecule has 0 fully saturated rings. The van der Waals surface area contributed by atoms with Crippen LogP contribution in [0.5, 0.6) is 0 Å². The van der Waals surface area contributed by atoms with Crippen LogP contribution >= 0.6 is 0 Å². The molecule has 0 radical (unpaired) electrons. The first-order valence-corrected chi connectivity index (χ1v) is 5.19. The molecule has 88 valence electrons. The quantitative estimate of drug-likeness (QED) is 0.659. The van der Waals surface area contributed by atoms with E-state index in [1.54, 1.807) is 11.8 Å². The Balaban J connectivity index is 2.49. The van der Waals surface area contributed by atoms with Gasteiger partial charge in [-0.2, -0.15) is 10.4 Å². The summed E-state index contributed by atoms with van der Waals surface area (Å²) in [7, 11) is 3.53. The number of aromatic nitrogens is 3. The summed E-state index contributed by atoms with van der Waals surface area (Å²) in [6.45, 7) is 2.88. The third-order valence-electron chi connectivity index (χ3n) is 2.32. The Kier molecular flexibility index (Phi) is 5.46. The van der Waals surface area contributed by atoms with Crippen molar-refractivity contribution in [2.45, 2.75) is 13.0 Å². The highest BCUT2D eigenvalue weighted by molar-refractivity contribution is 4.84. The van der Waals surface area contributed by atoms with Gasteiger partial charge in [-0.1, -0.05) is 0 Å². The van der Waals surface area contributed by atoms with Crippen molar-refractivity contribution >= 4 is 0 Å². The number of aryl methyl sites for hydroxylation is 1. The second-order valence-electron chi connectivity index (χ2n) is 3.48. The SMILES string of the molecule is COCCN(CCC#N)Cc1ncnn1C. The molecule has 0 unspecified atom stereocenters. The van der Waals surface area contributed by atoms with Crippen LogP contribution < -0.4 is 0 Å². The van der Waals surface area contributed by atoms with Crippen LogP contribution in [0.2, 0.25) is 0 Å². The lowest BCUT2D eigenvalue weighted by Gasteiger charge is -2.19. The van der Waals surface area contributed by atoms with E-state index < -0.39 is 0 Å². The molecule has 0 saturated carbocycles. The molecule has 1 heterocycles. The Hall–Kier alpha value is -1.45. The van der Waals surface area contributed by atoms with Crippen molar-refractivity contribution in [2.24, 2.45) is 7.05 Å². The first kappa shape index (κ1) is 12.6. The minimum atomic E-state index is 0.515. The van der Waals surface area contributed by atoms with Crippen molar-refractivity contribution in [1.82, 2.24) is 19.7 Å². The molecule has 16 heavy (non-hydrogen) atoms. The molecule has 6 heteroatoms. The Morgan fingerprint density at radius 3 is 2.94 bits per heavy atom. The summed E-state index contributed by atoms with van der Waals surface area (Å²) < 4.78 is 6.78. The highest BCUT2D eigenvalue weighted by Gasteiger charge is 2.08. The van der Waals surface area contributed by atoms with Crippen LogP contribution in [0.4, 0.5) is 0 Å². The van der Waals surface area contributed by atoms with E-state index in [9.17, 15) is 0 Å². The van der Waals surface area contributed by atoms with Gasteiger partial charge in [0.15, 0.2) is 0 Å². The molecule has 0 saturated heterocycles. The van der Waals surface area contributed by atoms with Crippen molar-refractivity contribution in [3.05, 3.63) is 12.2 Å². The number of ether oxygens (including phenoxy) is 1. The molecule has 0 atom stereocenters. The van der Waals surface area contributed by atoms with Gasteiger partial charge < -0.3 is 4.74 Å². The molecule has 1 aromatic heterocycles. The number of rotatable bonds is 7. The van der Waals surface area contributed by atoms with Crippen LogP contribution in [0.15, 0.2) is 6.33 Å². The van der Waals surface area contributed by atoms with Gasteiger partial charge in [0, 0.05) is 33.7 Å². The molecular formula is C10H17N5O. The predicted molar refractivity (Wildman–Crippen MR) is 58.4 cm³/mol. The van der Waals surface area contributed by atoms with E-state index in [4.69, 9.17) is 10.00 Å². The molecule has 0 aromatic carbocycles. The average molecular weight is 223 g/mol. The van der Waals surface area contributed by atoms with Gasteiger partial charge in [0.1, 0.15) is 12.2 Å². The molecule has 1 aromatic rings. The van der Waals surface area contributed by atoms with Crippen LogP contribution in [0.3, 0.4) is 0 Å². The standard InChI is InChI=1S/C10H17N5O/c1-14-10(12-9-13-14)8-15(5-3-4-11)6-7-16-2/h9H,3,5-8H2,1-2H3. The van der Waals surface area contributed by atoms with Crippen LogP contribution in [0.25, 0.3) is 0 Å². The maximum Gasteiger partial charge on any atom is 0.140 e. The van der Waals surface area contributed by atoms with E-state index in [0.717, 1.165) is 18.9 Å². The van der Waals surface area contributed by atoms with E-state index >= 15 is 0 Å². The molecule has 1 rings (SSSR count). The molecule has 0 bridgehead atoms. The first-order chi connectivity index (χ1) is 7.77. The van der Waals surface area contributed by atoms with E-state index in [-0.39, 0.29) is 0 Å². The Bertz CT molecular complexity index is 343. The van der Waals surface area contributed by atoms with Gasteiger partial charge >= 0.3 is 0 Å². The van der Waals surface area contributed by atoms with Crippen molar-refractivity contribution in [3.63, 3.8) is 0 Å². The monoisotopic (exact) mass is 223 g/mol. The minimum absolute atomic E-state index is 0.515. The Morgan fingerprint density at radius 2 is 2.38 bits per heavy atom. The fourth-order valence-corrected chi connectivity index (χ4v) is 1.36. The first-order valence-electron chi connectivity index (χ1n) is 5.19. The third-order valence-corrected chi connectivity index (χ3v) is 2.32. The fraction of sp³-hybridized carbons (Fsp3) is 0.700. The lowest BCUT2D eigenvalue weighted by Crippen LogP contribution is -2.29. The van der Waals surface area contributed by atoms with E-state index in [1.807, 2.05) is 7.05 Å². The van der Waals surface area contributed by atoms with E-state index in [2.05, 4.69) is 21.1 Å². The zero-order chi connectivity index (χ0) is 11.8. The zero-order valence-electron chi connectivity index (χ0n) is 9.76. The largest absolute Gasteiger partial charge is 0.383 e. The number of methoxy groups -OCH3 is 1. The van der Waals surface area contributed by atoms with Crippen molar-refractivity contribution in [3.8, 4) is 6.07 Å². The second kappa shape index (κ2) is 6.93. The average Bonchev–Trinajstić information content (AvgIpc) is 2.68. The number of nitriles is 1. The molecule has 0 amide bonds. The van der Waals surface area contributed by atoms with Gasteiger partial charge in [0.25, 0.3) is 0 Å². The topological polar surface area (TPSA) is 67.0 Å². The molecule has 0 aliphatic carbocycles. The number of nitrogens with zero attached hydrogens (tertiary/aromatic N) is 5. The predicted octanol–water partition coefficient (Wildman–Crippen LogP) is 0.177. The van der Waals surface area contributed by atoms with Gasteiger partial charge in [0.05, 0.1) is 19.2 Å². The van der Waals surface area contributed by atoms with Crippen molar-refractivity contribution in [1.29, 1.82) is 5.26 Å². The summed E-state index contributed by atoms with van der Waals surface area (Å²) in [6.07, 6.45) is 2.05. The highest BCUT2D eigenvalue weighted by atomic mass is 16.5. The van der Waals surface area contributed by atoms with Crippen LogP contribution in [-0.4, -0.2) is 46.5 Å². The third kappa shape index (κ3) is 3.96. The highest BCUT2D eigenvalue weighted by Crippen LogP contribution is 2.00. The Labute approximate surface area is 95.4 Å². The van der Waals surface area contributed by atoms with Gasteiger partial charge in [-0.3, -0.25) is 9.58 Å². The van der Waals surface area contributed by atoms with Gasteiger partial charge in [-0.05, 0) is 0 Å². The molecule has 0 aliphatic heterocycles. The normalized spacial score (nSPS) is 10.6. The van der Waals surface area contributed by atoms with Crippen molar-refractivity contribution in [2.75, 3.05) is 26.8 Å². The molecule has 0 spiro atoms. The van der Waals surface area contributed by atoms with E-state index in [0.29, 0.717) is 19.6 Å². The Morgan fingerprint density at radius 1 is 1.56 bits per heavy atom. The molecule has 0 aliphatic rings. The summed E-state index contributed by atoms with van der Waals surface area (Å²) in [5.74, 6) is 0.897. The maximum atomic E-state index is 8.58. The van der Waals surface area contributed by atoms with Crippen LogP contribution in [0, 0.1) is 11.3 Å². The van der Waals surface area contributed by atoms with Crippen LogP contribution in [-0.2, 0) is 18.3 Å². The number of hydrogen-bond acceptors (Lipinski definition) is 5. The second-order valence-corrected chi connectivity index (χ2v) is 3.48.